The minimum absolute atomic E-state index is 0.346. The van der Waals surface area contributed by atoms with Crippen molar-refractivity contribution in [2.75, 3.05) is 6.54 Å². The fraction of sp³-hybridized carbons (Fsp3) is 1.00. The summed E-state index contributed by atoms with van der Waals surface area (Å²) in [6.07, 6.45) is 3.24. The third-order valence-corrected chi connectivity index (χ3v) is 1.98. The molecule has 0 amide bonds. The van der Waals surface area contributed by atoms with Gasteiger partial charge in [0.15, 0.2) is 0 Å². The van der Waals surface area contributed by atoms with Gasteiger partial charge in [0.25, 0.3) is 0 Å². The van der Waals surface area contributed by atoms with Gasteiger partial charge in [-0.25, -0.2) is 0 Å². The molecule has 1 fully saturated rings. The Labute approximate surface area is 60.0 Å². The molecule has 0 spiro atoms. The van der Waals surface area contributed by atoms with Crippen LogP contribution in [0.5, 0.6) is 0 Å². The van der Waals surface area contributed by atoms with Crippen LogP contribution < -0.4 is 5.73 Å². The van der Waals surface area contributed by atoms with Crippen LogP contribution in [0.3, 0.4) is 0 Å². The summed E-state index contributed by atoms with van der Waals surface area (Å²) in [5.74, 6) is 0.547. The van der Waals surface area contributed by atoms with Crippen molar-refractivity contribution >= 4 is 0 Å². The number of nitrogens with zero attached hydrogens (tertiary/aromatic N) is 3. The van der Waals surface area contributed by atoms with Gasteiger partial charge in [-0.1, -0.05) is 5.11 Å². The zero-order valence-corrected chi connectivity index (χ0v) is 5.90. The van der Waals surface area contributed by atoms with E-state index in [9.17, 15) is 0 Å². The lowest BCUT2D eigenvalue weighted by Gasteiger charge is -2.02. The van der Waals surface area contributed by atoms with Gasteiger partial charge in [0, 0.05) is 17.5 Å². The third-order valence-electron chi connectivity index (χ3n) is 1.98. The van der Waals surface area contributed by atoms with Gasteiger partial charge in [0.05, 0.1) is 0 Å². The molecule has 0 heterocycles. The number of hydrogen-bond acceptors (Lipinski definition) is 2. The average Bonchev–Trinajstić information content (AvgIpc) is 2.31. The second-order valence-corrected chi connectivity index (χ2v) is 2.85. The predicted octanol–water partition coefficient (Wildman–Crippen LogP) is 1.42. The number of rotatable bonds is 2. The second kappa shape index (κ2) is 3.44. The molecule has 1 aliphatic rings. The van der Waals surface area contributed by atoms with E-state index in [1.165, 1.54) is 0 Å². The van der Waals surface area contributed by atoms with Crippen LogP contribution in [0.25, 0.3) is 10.4 Å². The van der Waals surface area contributed by atoms with E-state index in [2.05, 4.69) is 10.0 Å². The lowest BCUT2D eigenvalue weighted by molar-refractivity contribution is 0.548. The quantitative estimate of drug-likeness (QED) is 0.351. The van der Waals surface area contributed by atoms with Gasteiger partial charge >= 0.3 is 0 Å². The van der Waals surface area contributed by atoms with Gasteiger partial charge in [-0.2, -0.15) is 0 Å². The molecule has 56 valence electrons. The molecule has 0 unspecified atom stereocenters. The number of azide groups is 1. The maximum absolute atomic E-state index is 8.02. The Morgan fingerprint density at radius 3 is 2.90 bits per heavy atom. The Balaban J connectivity index is 2.24. The zero-order valence-electron chi connectivity index (χ0n) is 5.90. The highest BCUT2D eigenvalue weighted by molar-refractivity contribution is 4.78. The lowest BCUT2D eigenvalue weighted by Crippen LogP contribution is -2.15. The summed E-state index contributed by atoms with van der Waals surface area (Å²) in [5.41, 5.74) is 13.7. The van der Waals surface area contributed by atoms with Crippen LogP contribution in [0.1, 0.15) is 19.3 Å². The Morgan fingerprint density at radius 1 is 1.60 bits per heavy atom. The van der Waals surface area contributed by atoms with Crippen molar-refractivity contribution in [1.82, 2.24) is 0 Å². The van der Waals surface area contributed by atoms with Crippen molar-refractivity contribution in [3.8, 4) is 0 Å². The molecule has 0 radical (unpaired) electrons. The highest BCUT2D eigenvalue weighted by atomic mass is 15.1. The van der Waals surface area contributed by atoms with Crippen molar-refractivity contribution in [2.45, 2.75) is 25.3 Å². The largest absolute Gasteiger partial charge is 0.328 e. The molecule has 0 aromatic heterocycles. The van der Waals surface area contributed by atoms with Crippen LogP contribution in [-0.2, 0) is 0 Å². The zero-order chi connectivity index (χ0) is 7.40. The van der Waals surface area contributed by atoms with Crippen LogP contribution in [0.2, 0.25) is 0 Å². The minimum atomic E-state index is 0.346. The molecular formula is C6H12N4. The Hall–Kier alpha value is -0.730. The van der Waals surface area contributed by atoms with Gasteiger partial charge in [-0.05, 0) is 30.7 Å². The first kappa shape index (κ1) is 7.38. The molecule has 10 heavy (non-hydrogen) atoms. The highest BCUT2D eigenvalue weighted by Crippen LogP contribution is 2.23. The van der Waals surface area contributed by atoms with E-state index in [4.69, 9.17) is 11.3 Å². The van der Waals surface area contributed by atoms with E-state index in [1.54, 1.807) is 0 Å². The van der Waals surface area contributed by atoms with Crippen LogP contribution in [0.15, 0.2) is 5.11 Å². The van der Waals surface area contributed by atoms with Crippen molar-refractivity contribution in [2.24, 2.45) is 16.8 Å². The SMILES string of the molecule is [N-]=[N+]=NC[C@H]1CC[C@@H](N)C1. The number of nitrogens with two attached hydrogens (primary N) is 1. The van der Waals surface area contributed by atoms with Gasteiger partial charge in [-0.3, -0.25) is 0 Å². The molecule has 0 aliphatic heterocycles. The van der Waals surface area contributed by atoms with Crippen molar-refractivity contribution in [3.05, 3.63) is 10.4 Å². The molecule has 0 aromatic carbocycles. The lowest BCUT2D eigenvalue weighted by atomic mass is 10.1. The summed E-state index contributed by atoms with van der Waals surface area (Å²) in [5, 5.41) is 3.51. The highest BCUT2D eigenvalue weighted by Gasteiger charge is 2.20. The Morgan fingerprint density at radius 2 is 2.40 bits per heavy atom. The summed E-state index contributed by atoms with van der Waals surface area (Å²) in [6.45, 7) is 0.629. The molecule has 0 bridgehead atoms. The van der Waals surface area contributed by atoms with Crippen molar-refractivity contribution in [3.63, 3.8) is 0 Å². The maximum Gasteiger partial charge on any atom is 0.0286 e. The van der Waals surface area contributed by atoms with Crippen LogP contribution >= 0.6 is 0 Å². The summed E-state index contributed by atoms with van der Waals surface area (Å²) in [4.78, 5) is 2.71. The summed E-state index contributed by atoms with van der Waals surface area (Å²) in [6, 6.07) is 0.346. The summed E-state index contributed by atoms with van der Waals surface area (Å²) in [7, 11) is 0. The summed E-state index contributed by atoms with van der Waals surface area (Å²) >= 11 is 0. The molecule has 0 aromatic rings. The van der Waals surface area contributed by atoms with E-state index in [0.29, 0.717) is 18.5 Å². The molecule has 1 saturated carbocycles. The van der Waals surface area contributed by atoms with Crippen molar-refractivity contribution < 1.29 is 0 Å². The monoisotopic (exact) mass is 140 g/mol. The van der Waals surface area contributed by atoms with Gasteiger partial charge in [-0.15, -0.1) is 0 Å². The van der Waals surface area contributed by atoms with E-state index in [-0.39, 0.29) is 0 Å². The molecule has 2 atom stereocenters. The van der Waals surface area contributed by atoms with E-state index >= 15 is 0 Å². The second-order valence-electron chi connectivity index (χ2n) is 2.85. The first-order valence-electron chi connectivity index (χ1n) is 3.59. The first-order valence-corrected chi connectivity index (χ1v) is 3.59. The van der Waals surface area contributed by atoms with Crippen molar-refractivity contribution in [1.29, 1.82) is 0 Å². The molecule has 4 heteroatoms. The first-order chi connectivity index (χ1) is 4.83. The van der Waals surface area contributed by atoms with Gasteiger partial charge in [0.2, 0.25) is 0 Å². The smallest absolute Gasteiger partial charge is 0.0286 e. The molecule has 0 saturated heterocycles. The number of hydrogen-bond donors (Lipinski definition) is 1. The third kappa shape index (κ3) is 1.90. The van der Waals surface area contributed by atoms with E-state index < -0.39 is 0 Å². The maximum atomic E-state index is 8.02. The van der Waals surface area contributed by atoms with Gasteiger partial charge in [0.1, 0.15) is 0 Å². The Bertz CT molecular complexity index is 150. The summed E-state index contributed by atoms with van der Waals surface area (Å²) < 4.78 is 0. The normalized spacial score (nSPS) is 31.7. The molecular weight excluding hydrogens is 128 g/mol. The topological polar surface area (TPSA) is 74.8 Å². The minimum Gasteiger partial charge on any atom is -0.328 e. The fourth-order valence-electron chi connectivity index (χ4n) is 1.43. The molecule has 2 N–H and O–H groups in total. The van der Waals surface area contributed by atoms with Gasteiger partial charge < -0.3 is 5.73 Å². The molecule has 4 nitrogen and oxygen atoms in total. The van der Waals surface area contributed by atoms with E-state index in [0.717, 1.165) is 19.3 Å². The predicted molar refractivity (Wildman–Crippen MR) is 39.3 cm³/mol. The molecule has 1 rings (SSSR count). The average molecular weight is 140 g/mol. The van der Waals surface area contributed by atoms with Crippen LogP contribution in [0, 0.1) is 5.92 Å². The van der Waals surface area contributed by atoms with Crippen LogP contribution in [0.4, 0.5) is 0 Å². The van der Waals surface area contributed by atoms with E-state index in [1.807, 2.05) is 0 Å². The molecule has 1 aliphatic carbocycles. The Kier molecular flexibility index (Phi) is 2.54. The van der Waals surface area contributed by atoms with Crippen LogP contribution in [-0.4, -0.2) is 12.6 Å². The fourth-order valence-corrected chi connectivity index (χ4v) is 1.43. The standard InChI is InChI=1S/C6H12N4/c7-6-2-1-5(3-6)4-9-10-8/h5-6H,1-4,7H2/t5-,6+/m0/s1.